The van der Waals surface area contributed by atoms with E-state index in [1.54, 1.807) is 12.1 Å². The number of unbranched alkanes of at least 4 members (excludes halogenated alkanes) is 4. The zero-order chi connectivity index (χ0) is 13.4. The van der Waals surface area contributed by atoms with Crippen LogP contribution in [0, 0.1) is 0 Å². The molecule has 18 heavy (non-hydrogen) atoms. The summed E-state index contributed by atoms with van der Waals surface area (Å²) < 4.78 is 0. The van der Waals surface area contributed by atoms with Gasteiger partial charge in [-0.15, -0.1) is 0 Å². The van der Waals surface area contributed by atoms with E-state index in [4.69, 9.17) is 5.11 Å². The first-order chi connectivity index (χ1) is 8.65. The van der Waals surface area contributed by atoms with Gasteiger partial charge in [-0.3, -0.25) is 4.79 Å². The lowest BCUT2D eigenvalue weighted by Gasteiger charge is -2.02. The fraction of sp³-hybridized carbons (Fsp3) is 0.467. The average molecular weight is 248 g/mol. The molecule has 3 nitrogen and oxygen atoms in total. The number of rotatable bonds is 8. The predicted octanol–water partition coefficient (Wildman–Crippen LogP) is 3.93. The van der Waals surface area contributed by atoms with Gasteiger partial charge in [0.2, 0.25) is 0 Å². The third kappa shape index (κ3) is 4.70. The molecular weight excluding hydrogens is 228 g/mol. The zero-order valence-corrected chi connectivity index (χ0v) is 10.8. The molecule has 1 rings (SSSR count). The van der Waals surface area contributed by atoms with E-state index < -0.39 is 5.97 Å². The summed E-state index contributed by atoms with van der Waals surface area (Å²) >= 11 is 0. The summed E-state index contributed by atoms with van der Waals surface area (Å²) in [6, 6.07) is 6.26. The molecule has 1 aromatic carbocycles. The van der Waals surface area contributed by atoms with Crippen LogP contribution in [0.4, 0.5) is 0 Å². The van der Waals surface area contributed by atoms with Gasteiger partial charge < -0.3 is 5.11 Å². The lowest BCUT2D eigenvalue weighted by Crippen LogP contribution is -2.02. The van der Waals surface area contributed by atoms with Gasteiger partial charge in [0.15, 0.2) is 5.78 Å². The zero-order valence-electron chi connectivity index (χ0n) is 10.8. The number of benzene rings is 1. The summed E-state index contributed by atoms with van der Waals surface area (Å²) in [4.78, 5) is 22.7. The number of carboxylic acid groups (broad SMARTS) is 1. The second-order valence-corrected chi connectivity index (χ2v) is 4.47. The monoisotopic (exact) mass is 248 g/mol. The van der Waals surface area contributed by atoms with Crippen molar-refractivity contribution in [3.8, 4) is 0 Å². The summed E-state index contributed by atoms with van der Waals surface area (Å²) in [5.41, 5.74) is 0.678. The lowest BCUT2D eigenvalue weighted by atomic mass is 10.0. The smallest absolute Gasteiger partial charge is 0.335 e. The summed E-state index contributed by atoms with van der Waals surface area (Å²) in [6.07, 6.45) is 6.03. The Bertz CT molecular complexity index is 410. The predicted molar refractivity (Wildman–Crippen MR) is 71.1 cm³/mol. The van der Waals surface area contributed by atoms with Crippen LogP contribution in [0.2, 0.25) is 0 Å². The van der Waals surface area contributed by atoms with Crippen molar-refractivity contribution in [2.24, 2.45) is 0 Å². The molecule has 1 aromatic rings. The Morgan fingerprint density at radius 2 is 1.72 bits per heavy atom. The summed E-state index contributed by atoms with van der Waals surface area (Å²) in [6.45, 7) is 2.16. The van der Waals surface area contributed by atoms with Gasteiger partial charge in [-0.1, -0.05) is 44.7 Å². The van der Waals surface area contributed by atoms with Crippen LogP contribution < -0.4 is 0 Å². The van der Waals surface area contributed by atoms with Crippen LogP contribution in [0.5, 0.6) is 0 Å². The van der Waals surface area contributed by atoms with Crippen LogP contribution in [0.3, 0.4) is 0 Å². The van der Waals surface area contributed by atoms with E-state index in [1.165, 1.54) is 31.4 Å². The minimum Gasteiger partial charge on any atom is -0.478 e. The Labute approximate surface area is 108 Å². The van der Waals surface area contributed by atoms with Crippen molar-refractivity contribution in [3.63, 3.8) is 0 Å². The maximum absolute atomic E-state index is 11.9. The highest BCUT2D eigenvalue weighted by Crippen LogP contribution is 2.12. The molecule has 0 radical (unpaired) electrons. The molecule has 0 aliphatic rings. The summed E-state index contributed by atoms with van der Waals surface area (Å²) in [5.74, 6) is -0.956. The number of ketones is 1. The standard InChI is InChI=1S/C15H20O3/c1-2-3-4-5-6-10-14(16)12-8-7-9-13(11-12)15(17)18/h7-9,11H,2-6,10H2,1H3,(H,17,18). The molecule has 0 atom stereocenters. The highest BCUT2D eigenvalue weighted by molar-refractivity contribution is 5.98. The van der Waals surface area contributed by atoms with Crippen molar-refractivity contribution in [1.82, 2.24) is 0 Å². The molecule has 0 amide bonds. The van der Waals surface area contributed by atoms with Crippen molar-refractivity contribution in [2.75, 3.05) is 0 Å². The molecule has 0 aromatic heterocycles. The van der Waals surface area contributed by atoms with E-state index >= 15 is 0 Å². The van der Waals surface area contributed by atoms with E-state index in [-0.39, 0.29) is 11.3 Å². The average Bonchev–Trinajstić information content (AvgIpc) is 2.38. The first kappa shape index (κ1) is 14.4. The Morgan fingerprint density at radius 3 is 2.39 bits per heavy atom. The molecular formula is C15H20O3. The van der Waals surface area contributed by atoms with Crippen molar-refractivity contribution in [1.29, 1.82) is 0 Å². The molecule has 0 bridgehead atoms. The highest BCUT2D eigenvalue weighted by atomic mass is 16.4. The number of aromatic carboxylic acids is 1. The van der Waals surface area contributed by atoms with Crippen LogP contribution in [0.15, 0.2) is 24.3 Å². The molecule has 98 valence electrons. The fourth-order valence-electron chi connectivity index (χ4n) is 1.86. The number of carboxylic acids is 1. The van der Waals surface area contributed by atoms with Gasteiger partial charge >= 0.3 is 5.97 Å². The third-order valence-electron chi connectivity index (χ3n) is 2.94. The molecule has 0 unspecified atom stereocenters. The van der Waals surface area contributed by atoms with Crippen molar-refractivity contribution < 1.29 is 14.7 Å². The van der Waals surface area contributed by atoms with Gasteiger partial charge in [0.1, 0.15) is 0 Å². The van der Waals surface area contributed by atoms with Crippen molar-refractivity contribution in [2.45, 2.75) is 45.4 Å². The lowest BCUT2D eigenvalue weighted by molar-refractivity contribution is 0.0697. The van der Waals surface area contributed by atoms with Gasteiger partial charge in [0.25, 0.3) is 0 Å². The number of hydrogen-bond donors (Lipinski definition) is 1. The van der Waals surface area contributed by atoms with Crippen molar-refractivity contribution >= 4 is 11.8 Å². The topological polar surface area (TPSA) is 54.4 Å². The van der Waals surface area contributed by atoms with Gasteiger partial charge in [0.05, 0.1) is 5.56 Å². The number of hydrogen-bond acceptors (Lipinski definition) is 2. The number of Topliss-reactive ketones (excluding diaryl/α,β-unsaturated/α-hetero) is 1. The van der Waals surface area contributed by atoms with Crippen molar-refractivity contribution in [3.05, 3.63) is 35.4 Å². The Balaban J connectivity index is 2.46. The third-order valence-corrected chi connectivity index (χ3v) is 2.94. The second kappa shape index (κ2) is 7.64. The molecule has 0 saturated carbocycles. The van der Waals surface area contributed by atoms with Crippen LogP contribution in [-0.4, -0.2) is 16.9 Å². The molecule has 0 aliphatic carbocycles. The molecule has 0 saturated heterocycles. The largest absolute Gasteiger partial charge is 0.478 e. The Morgan fingerprint density at radius 1 is 1.06 bits per heavy atom. The number of carbonyl (C=O) groups excluding carboxylic acids is 1. The van der Waals surface area contributed by atoms with Crippen LogP contribution in [-0.2, 0) is 0 Å². The van der Waals surface area contributed by atoms with E-state index in [0.717, 1.165) is 12.8 Å². The first-order valence-electron chi connectivity index (χ1n) is 6.51. The van der Waals surface area contributed by atoms with Crippen LogP contribution in [0.25, 0.3) is 0 Å². The Hall–Kier alpha value is -1.64. The molecule has 0 heterocycles. The van der Waals surface area contributed by atoms with Gasteiger partial charge in [-0.2, -0.15) is 0 Å². The van der Waals surface area contributed by atoms with Gasteiger partial charge in [0, 0.05) is 12.0 Å². The highest BCUT2D eigenvalue weighted by Gasteiger charge is 2.09. The van der Waals surface area contributed by atoms with E-state index in [0.29, 0.717) is 12.0 Å². The first-order valence-corrected chi connectivity index (χ1v) is 6.51. The van der Waals surface area contributed by atoms with Crippen LogP contribution >= 0.6 is 0 Å². The minimum atomic E-state index is -0.993. The molecule has 3 heteroatoms. The normalized spacial score (nSPS) is 10.3. The minimum absolute atomic E-state index is 0.0367. The summed E-state index contributed by atoms with van der Waals surface area (Å²) in [7, 11) is 0. The van der Waals surface area contributed by atoms with Gasteiger partial charge in [-0.25, -0.2) is 4.79 Å². The fourth-order valence-corrected chi connectivity index (χ4v) is 1.86. The molecule has 1 N–H and O–H groups in total. The van der Waals surface area contributed by atoms with E-state index in [2.05, 4.69) is 6.92 Å². The van der Waals surface area contributed by atoms with E-state index in [1.807, 2.05) is 0 Å². The van der Waals surface area contributed by atoms with Crippen LogP contribution in [0.1, 0.15) is 66.2 Å². The maximum Gasteiger partial charge on any atom is 0.335 e. The van der Waals surface area contributed by atoms with Gasteiger partial charge in [-0.05, 0) is 18.6 Å². The maximum atomic E-state index is 11.9. The molecule has 0 fully saturated rings. The Kier molecular flexibility index (Phi) is 6.12. The SMILES string of the molecule is CCCCCCCC(=O)c1cccc(C(=O)O)c1. The summed E-state index contributed by atoms with van der Waals surface area (Å²) in [5, 5.41) is 8.85. The quantitative estimate of drug-likeness (QED) is 0.560. The van der Waals surface area contributed by atoms with E-state index in [9.17, 15) is 9.59 Å². The molecule has 0 aliphatic heterocycles. The molecule has 0 spiro atoms. The number of carbonyl (C=O) groups is 2. The second-order valence-electron chi connectivity index (χ2n) is 4.47.